The maximum atomic E-state index is 15.2. The van der Waals surface area contributed by atoms with Crippen molar-refractivity contribution in [2.75, 3.05) is 9.80 Å². The van der Waals surface area contributed by atoms with E-state index >= 15 is 4.39 Å². The van der Waals surface area contributed by atoms with E-state index in [0.29, 0.717) is 12.0 Å². The van der Waals surface area contributed by atoms with Gasteiger partial charge in [-0.05, 0) is 68.7 Å². The quantitative estimate of drug-likeness (QED) is 0.284. The number of halogens is 4. The van der Waals surface area contributed by atoms with Gasteiger partial charge in [0.1, 0.15) is 23.9 Å². The fourth-order valence-corrected chi connectivity index (χ4v) is 6.21. The molecule has 2 amide bonds. The van der Waals surface area contributed by atoms with Crippen molar-refractivity contribution >= 4 is 34.9 Å². The Labute approximate surface area is 269 Å². The fourth-order valence-electron chi connectivity index (χ4n) is 5.97. The highest BCUT2D eigenvalue weighted by Crippen LogP contribution is 2.40. The number of alkyl halides is 2. The average molecular weight is 656 g/mol. The molecule has 2 aromatic carbocycles. The Kier molecular flexibility index (Phi) is 9.31. The summed E-state index contributed by atoms with van der Waals surface area (Å²) in [5.74, 6) is -4.93. The monoisotopic (exact) mass is 655 g/mol. The molecule has 1 aromatic heterocycles. The fraction of sp³-hybridized carbons (Fsp3) is 0.394. The van der Waals surface area contributed by atoms with Crippen molar-refractivity contribution in [1.29, 1.82) is 5.26 Å². The summed E-state index contributed by atoms with van der Waals surface area (Å²) in [6.07, 6.45) is -0.424. The van der Waals surface area contributed by atoms with Crippen molar-refractivity contribution in [1.82, 2.24) is 10.3 Å². The molecule has 13 heteroatoms. The smallest absolute Gasteiger partial charge is 0.252 e. The summed E-state index contributed by atoms with van der Waals surface area (Å²) in [5, 5.41) is 33.7. The Morgan fingerprint density at radius 3 is 2.57 bits per heavy atom. The van der Waals surface area contributed by atoms with E-state index in [1.54, 1.807) is 12.1 Å². The predicted octanol–water partition coefficient (Wildman–Crippen LogP) is 5.34. The zero-order chi connectivity index (χ0) is 33.4. The van der Waals surface area contributed by atoms with Crippen LogP contribution in [0.25, 0.3) is 0 Å². The van der Waals surface area contributed by atoms with Crippen molar-refractivity contribution < 1.29 is 33.0 Å². The lowest BCUT2D eigenvalue weighted by Crippen LogP contribution is -2.54. The van der Waals surface area contributed by atoms with Gasteiger partial charge in [-0.1, -0.05) is 29.8 Å². The number of hydrogen-bond acceptors (Lipinski definition) is 7. The molecule has 1 saturated heterocycles. The van der Waals surface area contributed by atoms with Crippen molar-refractivity contribution in [3.8, 4) is 6.07 Å². The lowest BCUT2D eigenvalue weighted by molar-refractivity contribution is -0.132. The van der Waals surface area contributed by atoms with E-state index in [9.17, 15) is 33.8 Å². The van der Waals surface area contributed by atoms with Gasteiger partial charge in [0.2, 0.25) is 11.8 Å². The number of aliphatic hydroxyl groups is 2. The molecule has 3 N–H and O–H groups in total. The first-order valence-corrected chi connectivity index (χ1v) is 15.2. The molecule has 1 saturated carbocycles. The second kappa shape index (κ2) is 12.9. The number of aromatic nitrogens is 1. The molecule has 1 aliphatic heterocycles. The van der Waals surface area contributed by atoms with E-state index in [2.05, 4.69) is 10.3 Å². The van der Waals surface area contributed by atoms with Gasteiger partial charge < -0.3 is 20.4 Å². The molecule has 9 nitrogen and oxygen atoms in total. The molecule has 0 spiro atoms. The number of nitrogens with zero attached hydrogens (tertiary/aromatic N) is 4. The summed E-state index contributed by atoms with van der Waals surface area (Å²) < 4.78 is 42.6. The van der Waals surface area contributed by atoms with Crippen LogP contribution in [0.3, 0.4) is 0 Å². The van der Waals surface area contributed by atoms with Crippen molar-refractivity contribution in [2.45, 2.75) is 81.8 Å². The van der Waals surface area contributed by atoms with Crippen LogP contribution in [0.2, 0.25) is 5.02 Å². The minimum Gasteiger partial charge on any atom is -0.386 e. The van der Waals surface area contributed by atoms with Crippen LogP contribution in [0.5, 0.6) is 0 Å². The molecular weight excluding hydrogens is 623 g/mol. The second-order valence-electron chi connectivity index (χ2n) is 12.3. The number of pyridine rings is 1. The summed E-state index contributed by atoms with van der Waals surface area (Å²) in [4.78, 5) is 35.4. The highest BCUT2D eigenvalue weighted by Gasteiger charge is 2.47. The predicted molar refractivity (Wildman–Crippen MR) is 165 cm³/mol. The number of nitriles is 1. The first kappa shape index (κ1) is 33.2. The standard InChI is InChI=1S/C33H33ClF3N5O4/c1-32(2,46)20-12-21(35)14-24(13-20)42(29(44)15-23-7-8-28(43)41(23)27-11-19(18-38)9-10-39-27)30(25-5-3-4-6-26(25)34)31(45)40-22-16-33(36,37)17-22/h3-6,9-14,22-23,28,30,43,46H,7-8,15-17H2,1-2H3,(H,40,45). The number of anilines is 2. The zero-order valence-electron chi connectivity index (χ0n) is 25.1. The van der Waals surface area contributed by atoms with Crippen LogP contribution in [0.1, 0.15) is 68.7 Å². The number of benzene rings is 2. The van der Waals surface area contributed by atoms with E-state index in [1.807, 2.05) is 6.07 Å². The first-order valence-electron chi connectivity index (χ1n) is 14.8. The molecule has 46 heavy (non-hydrogen) atoms. The summed E-state index contributed by atoms with van der Waals surface area (Å²) in [5.41, 5.74) is -1.02. The zero-order valence-corrected chi connectivity index (χ0v) is 25.9. The molecule has 242 valence electrons. The molecule has 2 fully saturated rings. The van der Waals surface area contributed by atoms with E-state index in [0.717, 1.165) is 17.0 Å². The molecular formula is C33H33ClF3N5O4. The van der Waals surface area contributed by atoms with Gasteiger partial charge in [0, 0.05) is 53.8 Å². The third kappa shape index (κ3) is 7.12. The topological polar surface area (TPSA) is 130 Å². The Hall–Kier alpha value is -4.18. The van der Waals surface area contributed by atoms with Crippen LogP contribution in [-0.2, 0) is 15.2 Å². The number of carbonyl (C=O) groups is 2. The Balaban J connectivity index is 1.60. The highest BCUT2D eigenvalue weighted by molar-refractivity contribution is 6.31. The molecule has 0 radical (unpaired) electrons. The number of rotatable bonds is 9. The van der Waals surface area contributed by atoms with E-state index in [4.69, 9.17) is 11.6 Å². The molecule has 2 aliphatic rings. The maximum Gasteiger partial charge on any atom is 0.252 e. The Morgan fingerprint density at radius 2 is 1.91 bits per heavy atom. The minimum absolute atomic E-state index is 0.0733. The van der Waals surface area contributed by atoms with Crippen LogP contribution >= 0.6 is 11.6 Å². The van der Waals surface area contributed by atoms with Crippen LogP contribution in [0.4, 0.5) is 24.7 Å². The third-order valence-corrected chi connectivity index (χ3v) is 8.64. The SMILES string of the molecule is CC(C)(O)c1cc(F)cc(N(C(=O)CC2CCC(O)N2c2cc(C#N)ccn2)C(C(=O)NC2CC(F)(F)C2)c2ccccc2Cl)c1. The molecule has 0 bridgehead atoms. The van der Waals surface area contributed by atoms with E-state index < -0.39 is 66.4 Å². The van der Waals surface area contributed by atoms with Gasteiger partial charge >= 0.3 is 0 Å². The molecule has 1 aliphatic carbocycles. The summed E-state index contributed by atoms with van der Waals surface area (Å²) >= 11 is 6.56. The second-order valence-corrected chi connectivity index (χ2v) is 12.7. The van der Waals surface area contributed by atoms with Gasteiger partial charge in [-0.25, -0.2) is 18.2 Å². The van der Waals surface area contributed by atoms with E-state index in [-0.39, 0.29) is 40.5 Å². The average Bonchev–Trinajstić information content (AvgIpc) is 3.33. The molecule has 5 rings (SSSR count). The van der Waals surface area contributed by atoms with Crippen LogP contribution < -0.4 is 15.1 Å². The molecule has 3 unspecified atom stereocenters. The largest absolute Gasteiger partial charge is 0.386 e. The van der Waals surface area contributed by atoms with Crippen LogP contribution in [0, 0.1) is 17.1 Å². The summed E-state index contributed by atoms with van der Waals surface area (Å²) in [6.45, 7) is 2.87. The van der Waals surface area contributed by atoms with Gasteiger partial charge in [0.05, 0.1) is 17.2 Å². The Morgan fingerprint density at radius 1 is 1.20 bits per heavy atom. The Bertz CT molecular complexity index is 1670. The van der Waals surface area contributed by atoms with Crippen molar-refractivity contribution in [3.63, 3.8) is 0 Å². The van der Waals surface area contributed by atoms with Crippen molar-refractivity contribution in [3.05, 3.63) is 88.3 Å². The number of hydrogen-bond donors (Lipinski definition) is 3. The number of carbonyl (C=O) groups excluding carboxylic acids is 2. The number of amides is 2. The van der Waals surface area contributed by atoms with Gasteiger partial charge in [-0.3, -0.25) is 14.5 Å². The molecule has 2 heterocycles. The third-order valence-electron chi connectivity index (χ3n) is 8.30. The number of aliphatic hydroxyl groups excluding tert-OH is 1. The van der Waals surface area contributed by atoms with Crippen LogP contribution in [-0.4, -0.2) is 51.2 Å². The first-order chi connectivity index (χ1) is 21.7. The minimum atomic E-state index is -2.93. The van der Waals surface area contributed by atoms with Gasteiger partial charge in [0.25, 0.3) is 5.92 Å². The number of nitrogens with one attached hydrogen (secondary N) is 1. The lowest BCUT2D eigenvalue weighted by atomic mass is 9.87. The normalized spacial score (nSPS) is 20.0. The van der Waals surface area contributed by atoms with Gasteiger partial charge in [-0.2, -0.15) is 5.26 Å². The van der Waals surface area contributed by atoms with Gasteiger partial charge in [0.15, 0.2) is 0 Å². The van der Waals surface area contributed by atoms with Gasteiger partial charge in [-0.15, -0.1) is 0 Å². The molecule has 3 atom stereocenters. The van der Waals surface area contributed by atoms with E-state index in [1.165, 1.54) is 55.3 Å². The highest BCUT2D eigenvalue weighted by atomic mass is 35.5. The van der Waals surface area contributed by atoms with Crippen molar-refractivity contribution in [2.24, 2.45) is 0 Å². The summed E-state index contributed by atoms with van der Waals surface area (Å²) in [6, 6.07) is 11.8. The van der Waals surface area contributed by atoms with Crippen LogP contribution in [0.15, 0.2) is 60.8 Å². The summed E-state index contributed by atoms with van der Waals surface area (Å²) in [7, 11) is 0. The molecule has 3 aromatic rings. The maximum absolute atomic E-state index is 15.2. The lowest BCUT2D eigenvalue weighted by Gasteiger charge is -2.39.